The van der Waals surface area contributed by atoms with Gasteiger partial charge in [-0.3, -0.25) is 19.9 Å². The van der Waals surface area contributed by atoms with E-state index >= 15 is 0 Å². The molecule has 4 rings (SSSR count). The number of carbonyl (C=O) groups is 2. The standard InChI is InChI=1S/C44H67ClN8O10/c1-2-48-42(54)9-17-56-21-25-60-29-31-63-32-30-61-26-22-57-18-10-43(55)49-11-19-58-23-27-62-28-24-59-20-16-52-12-14-53(15-13-52)37-6-3-35(4-7-37)44-38-33-36(45)5-8-39(38)50-41(51-44)34-40(46)47/h3-8,33H,2,9-32,34H2,1H3,(H3,46,47)(H,48,54)(H,49,55). The van der Waals surface area contributed by atoms with Gasteiger partial charge in [-0.25, -0.2) is 9.97 Å². The summed E-state index contributed by atoms with van der Waals surface area (Å²) in [4.78, 5) is 37.4. The van der Waals surface area contributed by atoms with E-state index in [9.17, 15) is 9.59 Å². The van der Waals surface area contributed by atoms with E-state index in [4.69, 9.17) is 65.6 Å². The molecular formula is C44H67ClN8O10. The Balaban J connectivity index is 0.889. The number of hydrogen-bond donors (Lipinski definition) is 4. The molecule has 5 N–H and O–H groups in total. The number of benzene rings is 2. The molecule has 3 aromatic rings. The zero-order chi connectivity index (χ0) is 44.7. The number of rotatable bonds is 35. The monoisotopic (exact) mass is 902 g/mol. The Morgan fingerprint density at radius 1 is 0.667 bits per heavy atom. The molecule has 0 aliphatic carbocycles. The van der Waals surface area contributed by atoms with Gasteiger partial charge in [0, 0.05) is 80.3 Å². The van der Waals surface area contributed by atoms with Gasteiger partial charge in [0.25, 0.3) is 0 Å². The molecule has 0 saturated carbocycles. The maximum atomic E-state index is 12.0. The summed E-state index contributed by atoms with van der Waals surface area (Å²) in [6, 6.07) is 13.9. The average Bonchev–Trinajstić information content (AvgIpc) is 3.28. The lowest BCUT2D eigenvalue weighted by molar-refractivity contribution is -0.123. The highest BCUT2D eigenvalue weighted by molar-refractivity contribution is 6.31. The van der Waals surface area contributed by atoms with Gasteiger partial charge in [0.15, 0.2) is 0 Å². The number of piperazine rings is 1. The molecule has 0 radical (unpaired) electrons. The van der Waals surface area contributed by atoms with E-state index in [0.29, 0.717) is 136 Å². The Labute approximate surface area is 376 Å². The zero-order valence-electron chi connectivity index (χ0n) is 36.8. The predicted octanol–water partition coefficient (Wildman–Crippen LogP) is 2.72. The number of fused-ring (bicyclic) bond motifs is 1. The van der Waals surface area contributed by atoms with E-state index < -0.39 is 0 Å². The molecule has 0 unspecified atom stereocenters. The Bertz CT molecular complexity index is 1750. The fourth-order valence-corrected chi connectivity index (χ4v) is 6.53. The molecule has 1 aliphatic heterocycles. The molecule has 0 bridgehead atoms. The van der Waals surface area contributed by atoms with Crippen LogP contribution < -0.4 is 21.3 Å². The highest BCUT2D eigenvalue weighted by atomic mass is 35.5. The van der Waals surface area contributed by atoms with Crippen molar-refractivity contribution in [2.45, 2.75) is 26.2 Å². The first-order chi connectivity index (χ1) is 30.8. The molecule has 63 heavy (non-hydrogen) atoms. The topological polar surface area (TPSA) is 214 Å². The van der Waals surface area contributed by atoms with Crippen molar-refractivity contribution < 1.29 is 47.5 Å². The fraction of sp³-hybridized carbons (Fsp3) is 0.614. The van der Waals surface area contributed by atoms with Crippen molar-refractivity contribution in [1.82, 2.24) is 25.5 Å². The predicted molar refractivity (Wildman–Crippen MR) is 242 cm³/mol. The molecule has 1 aliphatic rings. The number of nitrogens with zero attached hydrogens (tertiary/aromatic N) is 4. The van der Waals surface area contributed by atoms with E-state index in [1.54, 1.807) is 6.07 Å². The number of aromatic nitrogens is 2. The SMILES string of the molecule is CCNC(=O)CCOCCOCCOCCOCCOCCC(=O)NCCOCCOCCOCCN1CCN(c2ccc(-c3nc(CC(=N)N)nc4ccc(Cl)cc34)cc2)CC1. The number of amides is 2. The number of anilines is 1. The van der Waals surface area contributed by atoms with Gasteiger partial charge in [-0.15, -0.1) is 0 Å². The minimum absolute atomic E-state index is 0.0130. The Hall–Kier alpha value is -4.08. The van der Waals surface area contributed by atoms with Gasteiger partial charge < -0.3 is 59.2 Å². The number of nitrogens with one attached hydrogen (secondary N) is 3. The van der Waals surface area contributed by atoms with Gasteiger partial charge in [-0.05, 0) is 37.3 Å². The molecule has 1 fully saturated rings. The van der Waals surface area contributed by atoms with Crippen LogP contribution in [0.1, 0.15) is 25.6 Å². The van der Waals surface area contributed by atoms with Gasteiger partial charge >= 0.3 is 0 Å². The number of ether oxygens (including phenoxy) is 8. The Morgan fingerprint density at radius 2 is 1.17 bits per heavy atom. The summed E-state index contributed by atoms with van der Waals surface area (Å²) in [7, 11) is 0. The summed E-state index contributed by atoms with van der Waals surface area (Å²) in [6.45, 7) is 14.7. The molecule has 19 heteroatoms. The van der Waals surface area contributed by atoms with Crippen LogP contribution in [0, 0.1) is 5.41 Å². The Kier molecular flexibility index (Phi) is 26.0. The zero-order valence-corrected chi connectivity index (χ0v) is 37.5. The highest BCUT2D eigenvalue weighted by Gasteiger charge is 2.18. The number of halogens is 1. The van der Waals surface area contributed by atoms with E-state index in [1.165, 1.54) is 0 Å². The first-order valence-electron chi connectivity index (χ1n) is 21.8. The minimum atomic E-state index is -0.0930. The van der Waals surface area contributed by atoms with Crippen molar-refractivity contribution in [2.24, 2.45) is 5.73 Å². The molecule has 0 spiro atoms. The van der Waals surface area contributed by atoms with Crippen molar-refractivity contribution in [1.29, 1.82) is 5.41 Å². The maximum absolute atomic E-state index is 12.0. The van der Waals surface area contributed by atoms with Crippen molar-refractivity contribution in [3.63, 3.8) is 0 Å². The maximum Gasteiger partial charge on any atom is 0.222 e. The van der Waals surface area contributed by atoms with Gasteiger partial charge in [0.1, 0.15) is 5.82 Å². The lowest BCUT2D eigenvalue weighted by Gasteiger charge is -2.36. The smallest absolute Gasteiger partial charge is 0.222 e. The van der Waals surface area contributed by atoms with Crippen LogP contribution in [0.25, 0.3) is 22.2 Å². The van der Waals surface area contributed by atoms with Crippen LogP contribution in [0.5, 0.6) is 0 Å². The molecule has 1 aromatic heterocycles. The highest BCUT2D eigenvalue weighted by Crippen LogP contribution is 2.30. The molecular weight excluding hydrogens is 836 g/mol. The second-order valence-corrected chi connectivity index (χ2v) is 14.9. The molecule has 0 atom stereocenters. The second-order valence-electron chi connectivity index (χ2n) is 14.4. The third-order valence-corrected chi connectivity index (χ3v) is 9.84. The number of hydrogen-bond acceptors (Lipinski definition) is 15. The van der Waals surface area contributed by atoms with E-state index in [0.717, 1.165) is 60.6 Å². The van der Waals surface area contributed by atoms with Crippen LogP contribution in [-0.2, 0) is 53.9 Å². The van der Waals surface area contributed by atoms with Gasteiger partial charge in [0.2, 0.25) is 11.8 Å². The first kappa shape index (κ1) is 51.6. The van der Waals surface area contributed by atoms with E-state index in [1.807, 2.05) is 19.1 Å². The summed E-state index contributed by atoms with van der Waals surface area (Å²) in [6.07, 6.45) is 0.807. The molecule has 2 amide bonds. The number of amidine groups is 1. The third-order valence-electron chi connectivity index (χ3n) is 9.60. The van der Waals surface area contributed by atoms with E-state index in [2.05, 4.69) is 49.7 Å². The summed E-state index contributed by atoms with van der Waals surface area (Å²) in [5.41, 5.74) is 9.30. The minimum Gasteiger partial charge on any atom is -0.387 e. The van der Waals surface area contributed by atoms with Crippen molar-refractivity contribution in [3.05, 3.63) is 53.3 Å². The average molecular weight is 904 g/mol. The second kappa shape index (κ2) is 31.7. The molecule has 1 saturated heterocycles. The van der Waals surface area contributed by atoms with Crippen LogP contribution in [0.3, 0.4) is 0 Å². The molecule has 2 heterocycles. The van der Waals surface area contributed by atoms with Gasteiger partial charge in [0.05, 0.1) is 129 Å². The third kappa shape index (κ3) is 21.9. The number of carbonyl (C=O) groups excluding carboxylic acids is 2. The quantitative estimate of drug-likeness (QED) is 0.0380. The van der Waals surface area contributed by atoms with Crippen LogP contribution in [0.4, 0.5) is 5.69 Å². The molecule has 350 valence electrons. The van der Waals surface area contributed by atoms with Crippen LogP contribution >= 0.6 is 11.6 Å². The molecule has 18 nitrogen and oxygen atoms in total. The van der Waals surface area contributed by atoms with E-state index in [-0.39, 0.29) is 30.5 Å². The summed E-state index contributed by atoms with van der Waals surface area (Å²) >= 11 is 6.31. The van der Waals surface area contributed by atoms with Crippen molar-refractivity contribution in [3.8, 4) is 11.3 Å². The number of nitrogens with two attached hydrogens (primary N) is 1. The van der Waals surface area contributed by atoms with Crippen LogP contribution in [0.2, 0.25) is 5.02 Å². The van der Waals surface area contributed by atoms with Gasteiger partial charge in [-0.1, -0.05) is 23.7 Å². The van der Waals surface area contributed by atoms with Gasteiger partial charge in [-0.2, -0.15) is 0 Å². The summed E-state index contributed by atoms with van der Waals surface area (Å²) in [5, 5.41) is 14.7. The first-order valence-corrected chi connectivity index (χ1v) is 22.2. The molecule has 2 aromatic carbocycles. The Morgan fingerprint density at radius 3 is 1.71 bits per heavy atom. The van der Waals surface area contributed by atoms with Crippen LogP contribution in [0.15, 0.2) is 42.5 Å². The largest absolute Gasteiger partial charge is 0.387 e. The summed E-state index contributed by atoms with van der Waals surface area (Å²) < 4.78 is 44.1. The lowest BCUT2D eigenvalue weighted by Crippen LogP contribution is -2.47. The fourth-order valence-electron chi connectivity index (χ4n) is 6.36. The normalized spacial score (nSPS) is 13.1. The van der Waals surface area contributed by atoms with Crippen LogP contribution in [-0.4, -0.2) is 184 Å². The van der Waals surface area contributed by atoms with Crippen molar-refractivity contribution >= 4 is 45.8 Å². The lowest BCUT2D eigenvalue weighted by atomic mass is 10.1. The summed E-state index contributed by atoms with van der Waals surface area (Å²) in [5.74, 6) is 0.421. The van der Waals surface area contributed by atoms with Crippen molar-refractivity contribution in [2.75, 3.05) is 156 Å².